The number of aromatic nitrogens is 2. The average molecular weight is 235 g/mol. The first-order chi connectivity index (χ1) is 8.20. The number of rotatable bonds is 5. The minimum atomic E-state index is 0.242. The van der Waals surface area contributed by atoms with Gasteiger partial charge < -0.3 is 10.0 Å². The summed E-state index contributed by atoms with van der Waals surface area (Å²) in [4.78, 5) is 11.2. The Balaban J connectivity index is 2.17. The first-order valence-electron chi connectivity index (χ1n) is 6.40. The zero-order valence-corrected chi connectivity index (χ0v) is 10.7. The summed E-state index contributed by atoms with van der Waals surface area (Å²) >= 11 is 0. The summed E-state index contributed by atoms with van der Waals surface area (Å²) in [6.07, 6.45) is 4.60. The predicted octanol–water partition coefficient (Wildman–Crippen LogP) is 1.83. The molecule has 1 aromatic rings. The first-order valence-corrected chi connectivity index (χ1v) is 6.40. The minimum absolute atomic E-state index is 0.242. The molecule has 0 aliphatic heterocycles. The van der Waals surface area contributed by atoms with Gasteiger partial charge in [0.05, 0.1) is 0 Å². The normalized spacial score (nSPS) is 15.7. The Morgan fingerprint density at radius 2 is 2.12 bits per heavy atom. The number of anilines is 1. The second-order valence-corrected chi connectivity index (χ2v) is 4.77. The second kappa shape index (κ2) is 5.45. The Labute approximate surface area is 103 Å². The van der Waals surface area contributed by atoms with E-state index in [2.05, 4.69) is 14.9 Å². The van der Waals surface area contributed by atoms with E-state index in [-0.39, 0.29) is 6.61 Å². The maximum absolute atomic E-state index is 8.98. The Hall–Kier alpha value is -1.16. The molecule has 2 rings (SSSR count). The lowest BCUT2D eigenvalue weighted by atomic mass is 9.91. The van der Waals surface area contributed by atoms with Gasteiger partial charge in [0.25, 0.3) is 0 Å². The zero-order valence-electron chi connectivity index (χ0n) is 10.7. The van der Waals surface area contributed by atoms with E-state index >= 15 is 0 Å². The van der Waals surface area contributed by atoms with Gasteiger partial charge in [-0.2, -0.15) is 0 Å². The molecule has 0 atom stereocenters. The van der Waals surface area contributed by atoms with Gasteiger partial charge in [0.1, 0.15) is 11.6 Å². The van der Waals surface area contributed by atoms with Crippen molar-refractivity contribution in [1.29, 1.82) is 0 Å². The smallest absolute Gasteiger partial charge is 0.132 e. The summed E-state index contributed by atoms with van der Waals surface area (Å²) in [5.41, 5.74) is 1.01. The summed E-state index contributed by atoms with van der Waals surface area (Å²) < 4.78 is 0. The van der Waals surface area contributed by atoms with Crippen molar-refractivity contribution in [2.75, 3.05) is 18.1 Å². The molecule has 1 heterocycles. The number of aliphatic hydroxyl groups excluding tert-OH is 1. The molecule has 0 unspecified atom stereocenters. The molecule has 4 nitrogen and oxygen atoms in total. The predicted molar refractivity (Wildman–Crippen MR) is 68.2 cm³/mol. The van der Waals surface area contributed by atoms with E-state index in [1.807, 2.05) is 19.9 Å². The van der Waals surface area contributed by atoms with Crippen LogP contribution in [0.4, 0.5) is 5.82 Å². The monoisotopic (exact) mass is 235 g/mol. The maximum Gasteiger partial charge on any atom is 0.132 e. The summed E-state index contributed by atoms with van der Waals surface area (Å²) in [6.45, 7) is 5.06. The minimum Gasteiger partial charge on any atom is -0.396 e. The molecule has 94 valence electrons. The highest BCUT2D eigenvalue weighted by atomic mass is 16.3. The Kier molecular flexibility index (Phi) is 3.94. The molecule has 4 heteroatoms. The van der Waals surface area contributed by atoms with Crippen molar-refractivity contribution >= 4 is 5.82 Å². The van der Waals surface area contributed by atoms with Crippen molar-refractivity contribution in [2.24, 2.45) is 0 Å². The van der Waals surface area contributed by atoms with Gasteiger partial charge in [-0.3, -0.25) is 0 Å². The fourth-order valence-corrected chi connectivity index (χ4v) is 2.27. The second-order valence-electron chi connectivity index (χ2n) is 4.77. The molecule has 1 saturated carbocycles. The number of aryl methyl sites for hydroxylation is 2. The molecule has 1 N–H and O–H groups in total. The van der Waals surface area contributed by atoms with Gasteiger partial charge in [-0.15, -0.1) is 0 Å². The molecule has 0 aromatic carbocycles. The van der Waals surface area contributed by atoms with Crippen molar-refractivity contribution in [3.63, 3.8) is 0 Å². The van der Waals surface area contributed by atoms with Gasteiger partial charge in [0.15, 0.2) is 0 Å². The molecule has 0 amide bonds. The number of hydrogen-bond donors (Lipinski definition) is 1. The number of aliphatic hydroxyl groups is 1. The lowest BCUT2D eigenvalue weighted by Gasteiger charge is -2.38. The van der Waals surface area contributed by atoms with Crippen LogP contribution < -0.4 is 4.90 Å². The van der Waals surface area contributed by atoms with Gasteiger partial charge in [0, 0.05) is 31.0 Å². The molecule has 0 radical (unpaired) electrons. The molecule has 0 saturated heterocycles. The fourth-order valence-electron chi connectivity index (χ4n) is 2.27. The van der Waals surface area contributed by atoms with Crippen molar-refractivity contribution in [3.05, 3.63) is 17.6 Å². The molecule has 1 aliphatic rings. The van der Waals surface area contributed by atoms with Gasteiger partial charge in [-0.05, 0) is 39.5 Å². The van der Waals surface area contributed by atoms with Gasteiger partial charge in [-0.25, -0.2) is 9.97 Å². The molecular weight excluding hydrogens is 214 g/mol. The lowest BCUT2D eigenvalue weighted by molar-refractivity contribution is 0.282. The number of nitrogens with zero attached hydrogens (tertiary/aromatic N) is 3. The Bertz CT molecular complexity index is 357. The van der Waals surface area contributed by atoms with Crippen LogP contribution in [0.1, 0.15) is 37.2 Å². The van der Waals surface area contributed by atoms with Crippen LogP contribution in [0.5, 0.6) is 0 Å². The average Bonchev–Trinajstić information content (AvgIpc) is 2.19. The summed E-state index contributed by atoms with van der Waals surface area (Å²) in [7, 11) is 0. The van der Waals surface area contributed by atoms with Crippen LogP contribution in [0.15, 0.2) is 6.07 Å². The summed E-state index contributed by atoms with van der Waals surface area (Å²) in [6, 6.07) is 2.65. The number of hydrogen-bond acceptors (Lipinski definition) is 4. The third kappa shape index (κ3) is 2.94. The van der Waals surface area contributed by atoms with E-state index in [4.69, 9.17) is 5.11 Å². The van der Waals surface area contributed by atoms with E-state index in [9.17, 15) is 0 Å². The third-order valence-corrected chi connectivity index (χ3v) is 3.32. The summed E-state index contributed by atoms with van der Waals surface area (Å²) in [5, 5.41) is 8.98. The summed E-state index contributed by atoms with van der Waals surface area (Å²) in [5.74, 6) is 1.85. The quantitative estimate of drug-likeness (QED) is 0.846. The highest BCUT2D eigenvalue weighted by Gasteiger charge is 2.25. The van der Waals surface area contributed by atoms with Crippen LogP contribution >= 0.6 is 0 Å². The largest absolute Gasteiger partial charge is 0.396 e. The highest BCUT2D eigenvalue weighted by Crippen LogP contribution is 2.28. The van der Waals surface area contributed by atoms with E-state index in [1.54, 1.807) is 0 Å². The molecular formula is C13H21N3O. The molecule has 0 spiro atoms. The molecule has 1 aromatic heterocycles. The van der Waals surface area contributed by atoms with Crippen molar-refractivity contribution < 1.29 is 5.11 Å². The van der Waals surface area contributed by atoms with E-state index in [1.165, 1.54) is 19.3 Å². The molecule has 17 heavy (non-hydrogen) atoms. The van der Waals surface area contributed by atoms with Crippen molar-refractivity contribution in [1.82, 2.24) is 9.97 Å². The Morgan fingerprint density at radius 3 is 2.65 bits per heavy atom. The third-order valence-electron chi connectivity index (χ3n) is 3.32. The highest BCUT2D eigenvalue weighted by molar-refractivity contribution is 5.41. The SMILES string of the molecule is Cc1cc(N(CCCO)C2CCC2)nc(C)n1. The van der Waals surface area contributed by atoms with E-state index in [0.29, 0.717) is 6.04 Å². The van der Waals surface area contributed by atoms with Crippen molar-refractivity contribution in [2.45, 2.75) is 45.6 Å². The van der Waals surface area contributed by atoms with Crippen LogP contribution in [0.2, 0.25) is 0 Å². The van der Waals surface area contributed by atoms with E-state index < -0.39 is 0 Å². The lowest BCUT2D eigenvalue weighted by Crippen LogP contribution is -2.41. The zero-order chi connectivity index (χ0) is 12.3. The molecule has 1 fully saturated rings. The topological polar surface area (TPSA) is 49.2 Å². The van der Waals surface area contributed by atoms with Gasteiger partial charge in [-0.1, -0.05) is 0 Å². The first kappa shape index (κ1) is 12.3. The van der Waals surface area contributed by atoms with Gasteiger partial charge >= 0.3 is 0 Å². The Morgan fingerprint density at radius 1 is 1.35 bits per heavy atom. The van der Waals surface area contributed by atoms with Crippen LogP contribution in [0.25, 0.3) is 0 Å². The maximum atomic E-state index is 8.98. The van der Waals surface area contributed by atoms with E-state index in [0.717, 1.165) is 30.3 Å². The standard InChI is InChI=1S/C13H21N3O/c1-10-9-13(15-11(2)14-10)16(7-4-8-17)12-5-3-6-12/h9,12,17H,3-8H2,1-2H3. The van der Waals surface area contributed by atoms with Crippen LogP contribution in [-0.2, 0) is 0 Å². The molecule has 0 bridgehead atoms. The van der Waals surface area contributed by atoms with Crippen LogP contribution in [0, 0.1) is 13.8 Å². The van der Waals surface area contributed by atoms with Crippen molar-refractivity contribution in [3.8, 4) is 0 Å². The molecule has 1 aliphatic carbocycles. The fraction of sp³-hybridized carbons (Fsp3) is 0.692. The van der Waals surface area contributed by atoms with Crippen LogP contribution in [0.3, 0.4) is 0 Å². The van der Waals surface area contributed by atoms with Crippen LogP contribution in [-0.4, -0.2) is 34.3 Å². The van der Waals surface area contributed by atoms with Gasteiger partial charge in [0.2, 0.25) is 0 Å².